The third kappa shape index (κ3) is 10.0. The molecule has 1 saturated heterocycles. The van der Waals surface area contributed by atoms with E-state index in [-0.39, 0.29) is 12.0 Å². The summed E-state index contributed by atoms with van der Waals surface area (Å²) >= 11 is 0. The third-order valence-electron chi connectivity index (χ3n) is 6.60. The SMILES string of the molecule is C=C(C)C/C=C/C(=C)CC(C)C1OC(=O)C(C)/C=C/C=C/C(O)C(O)/C=C/CCC2CCC(O2)C1O. The van der Waals surface area contributed by atoms with Crippen LogP contribution < -0.4 is 0 Å². The van der Waals surface area contributed by atoms with Gasteiger partial charge in [0, 0.05) is 0 Å². The number of ether oxygens (including phenoxy) is 2. The third-order valence-corrected chi connectivity index (χ3v) is 6.60. The molecule has 2 rings (SSSR count). The molecule has 0 aliphatic carbocycles. The van der Waals surface area contributed by atoms with Crippen molar-refractivity contribution in [2.45, 2.75) is 95.9 Å². The number of aliphatic hydroxyl groups is 3. The van der Waals surface area contributed by atoms with Gasteiger partial charge in [-0.3, -0.25) is 4.79 Å². The maximum absolute atomic E-state index is 12.9. The number of hydrogen-bond acceptors (Lipinski definition) is 6. The van der Waals surface area contributed by atoms with Crippen LogP contribution in [0.25, 0.3) is 0 Å². The molecular weight excluding hydrogens is 456 g/mol. The van der Waals surface area contributed by atoms with Crippen molar-refractivity contribution < 1.29 is 29.6 Å². The minimum absolute atomic E-state index is 0.0244. The number of carbonyl (C=O) groups excluding carboxylic acids is 1. The Balaban J connectivity index is 2.21. The molecule has 0 amide bonds. The van der Waals surface area contributed by atoms with Crippen LogP contribution in [0.4, 0.5) is 0 Å². The van der Waals surface area contributed by atoms with E-state index in [0.29, 0.717) is 19.3 Å². The van der Waals surface area contributed by atoms with Gasteiger partial charge < -0.3 is 24.8 Å². The first-order valence-corrected chi connectivity index (χ1v) is 13.0. The van der Waals surface area contributed by atoms with Crippen molar-refractivity contribution >= 4 is 5.97 Å². The molecule has 200 valence electrons. The predicted octanol–water partition coefficient (Wildman–Crippen LogP) is 4.73. The zero-order chi connectivity index (χ0) is 26.7. The quantitative estimate of drug-likeness (QED) is 0.277. The molecule has 0 aromatic rings. The van der Waals surface area contributed by atoms with Gasteiger partial charge in [-0.25, -0.2) is 0 Å². The first kappa shape index (κ1) is 30.0. The van der Waals surface area contributed by atoms with E-state index >= 15 is 0 Å². The van der Waals surface area contributed by atoms with Crippen molar-refractivity contribution in [2.75, 3.05) is 0 Å². The molecule has 3 N–H and O–H groups in total. The van der Waals surface area contributed by atoms with Gasteiger partial charge >= 0.3 is 5.97 Å². The zero-order valence-electron chi connectivity index (χ0n) is 22.0. The predicted molar refractivity (Wildman–Crippen MR) is 143 cm³/mol. The Bertz CT molecular complexity index is 854. The van der Waals surface area contributed by atoms with Gasteiger partial charge in [-0.1, -0.05) is 79.8 Å². The van der Waals surface area contributed by atoms with Gasteiger partial charge in [0.2, 0.25) is 0 Å². The lowest BCUT2D eigenvalue weighted by molar-refractivity contribution is -0.170. The van der Waals surface area contributed by atoms with Gasteiger partial charge in [-0.2, -0.15) is 0 Å². The summed E-state index contributed by atoms with van der Waals surface area (Å²) in [5, 5.41) is 31.5. The smallest absolute Gasteiger partial charge is 0.312 e. The number of cyclic esters (lactones) is 1. The highest BCUT2D eigenvalue weighted by atomic mass is 16.6. The molecule has 6 heteroatoms. The Morgan fingerprint density at radius 1 is 1.11 bits per heavy atom. The number of carbonyl (C=O) groups is 1. The summed E-state index contributed by atoms with van der Waals surface area (Å²) in [6.07, 6.45) is 13.8. The summed E-state index contributed by atoms with van der Waals surface area (Å²) < 4.78 is 12.0. The zero-order valence-corrected chi connectivity index (χ0v) is 22.0. The first-order chi connectivity index (χ1) is 17.1. The Morgan fingerprint density at radius 3 is 2.53 bits per heavy atom. The fraction of sp³-hybridized carbons (Fsp3) is 0.567. The van der Waals surface area contributed by atoms with Crippen LogP contribution in [0.3, 0.4) is 0 Å². The van der Waals surface area contributed by atoms with Crippen LogP contribution in [-0.2, 0) is 14.3 Å². The topological polar surface area (TPSA) is 96.2 Å². The summed E-state index contributed by atoms with van der Waals surface area (Å²) in [4.78, 5) is 12.9. The molecule has 8 atom stereocenters. The van der Waals surface area contributed by atoms with Gasteiger partial charge in [-0.05, 0) is 58.3 Å². The monoisotopic (exact) mass is 500 g/mol. The second-order valence-corrected chi connectivity index (χ2v) is 10.2. The van der Waals surface area contributed by atoms with E-state index < -0.39 is 42.4 Å². The van der Waals surface area contributed by atoms with Gasteiger partial charge in [-0.15, -0.1) is 0 Å². The molecule has 2 aliphatic rings. The van der Waals surface area contributed by atoms with E-state index in [4.69, 9.17) is 9.47 Å². The van der Waals surface area contributed by atoms with Crippen molar-refractivity contribution in [3.05, 3.63) is 72.9 Å². The van der Waals surface area contributed by atoms with Crippen LogP contribution >= 0.6 is 0 Å². The van der Waals surface area contributed by atoms with Gasteiger partial charge in [0.05, 0.1) is 18.1 Å². The Kier molecular flexibility index (Phi) is 12.6. The Labute approximate surface area is 216 Å². The van der Waals surface area contributed by atoms with E-state index in [0.717, 1.165) is 30.4 Å². The van der Waals surface area contributed by atoms with E-state index in [2.05, 4.69) is 13.2 Å². The maximum atomic E-state index is 12.9. The van der Waals surface area contributed by atoms with Gasteiger partial charge in [0.1, 0.15) is 24.4 Å². The Hall–Kier alpha value is -2.25. The molecule has 0 radical (unpaired) electrons. The first-order valence-electron chi connectivity index (χ1n) is 13.0. The second kappa shape index (κ2) is 15.1. The lowest BCUT2D eigenvalue weighted by Crippen LogP contribution is -2.44. The standard InChI is InChI=1S/C30H44O6/c1-20(2)11-10-12-21(3)19-23(5)29-28(33)27-18-17-24(35-27)14-7-9-16-26(32)25(31)15-8-6-13-22(4)30(34)36-29/h6,8-10,12-13,15-16,22-29,31-33H,1,3,7,11,14,17-19H2,2,4-5H3/b12-10+,13-6+,15-8+,16-9+. The number of fused-ring (bicyclic) bond motifs is 2. The highest BCUT2D eigenvalue weighted by molar-refractivity contribution is 5.74. The molecular formula is C30H44O6. The molecule has 1 fully saturated rings. The number of rotatable bonds is 6. The number of allylic oxidation sites excluding steroid dienone is 7. The molecule has 2 bridgehead atoms. The normalized spacial score (nSPS) is 35.8. The highest BCUT2D eigenvalue weighted by Gasteiger charge is 2.39. The number of hydrogen-bond donors (Lipinski definition) is 3. The molecule has 8 unspecified atom stereocenters. The minimum Gasteiger partial charge on any atom is -0.459 e. The van der Waals surface area contributed by atoms with Crippen molar-refractivity contribution in [1.82, 2.24) is 0 Å². The maximum Gasteiger partial charge on any atom is 0.312 e. The van der Waals surface area contributed by atoms with E-state index in [1.807, 2.05) is 32.1 Å². The molecule has 2 aliphatic heterocycles. The summed E-state index contributed by atoms with van der Waals surface area (Å²) in [5.74, 6) is -1.18. The fourth-order valence-corrected chi connectivity index (χ4v) is 4.43. The van der Waals surface area contributed by atoms with Crippen molar-refractivity contribution in [3.63, 3.8) is 0 Å². The van der Waals surface area contributed by atoms with Crippen molar-refractivity contribution in [1.29, 1.82) is 0 Å². The molecule has 0 saturated carbocycles. The molecule has 0 aromatic heterocycles. The highest BCUT2D eigenvalue weighted by Crippen LogP contribution is 2.31. The fourth-order valence-electron chi connectivity index (χ4n) is 4.43. The van der Waals surface area contributed by atoms with Crippen LogP contribution in [0.5, 0.6) is 0 Å². The number of aliphatic hydroxyl groups excluding tert-OH is 3. The minimum atomic E-state index is -1.04. The lowest BCUT2D eigenvalue weighted by Gasteiger charge is -2.32. The van der Waals surface area contributed by atoms with Crippen LogP contribution in [0, 0.1) is 11.8 Å². The van der Waals surface area contributed by atoms with Crippen LogP contribution in [-0.4, -0.2) is 57.9 Å². The van der Waals surface area contributed by atoms with E-state index in [1.54, 1.807) is 31.2 Å². The average molecular weight is 501 g/mol. The van der Waals surface area contributed by atoms with Crippen molar-refractivity contribution in [2.24, 2.45) is 11.8 Å². The van der Waals surface area contributed by atoms with E-state index in [9.17, 15) is 20.1 Å². The van der Waals surface area contributed by atoms with Gasteiger partial charge in [0.25, 0.3) is 0 Å². The summed E-state index contributed by atoms with van der Waals surface area (Å²) in [6.45, 7) is 13.7. The average Bonchev–Trinajstić information content (AvgIpc) is 3.30. The summed E-state index contributed by atoms with van der Waals surface area (Å²) in [7, 11) is 0. The second-order valence-electron chi connectivity index (χ2n) is 10.2. The molecule has 2 heterocycles. The largest absolute Gasteiger partial charge is 0.459 e. The van der Waals surface area contributed by atoms with Crippen molar-refractivity contribution in [3.8, 4) is 0 Å². The van der Waals surface area contributed by atoms with Crippen LogP contribution in [0.2, 0.25) is 0 Å². The molecule has 6 nitrogen and oxygen atoms in total. The number of esters is 1. The molecule has 0 aromatic carbocycles. The van der Waals surface area contributed by atoms with Crippen LogP contribution in [0.15, 0.2) is 72.9 Å². The Morgan fingerprint density at radius 2 is 1.81 bits per heavy atom. The van der Waals surface area contributed by atoms with E-state index in [1.165, 1.54) is 6.08 Å². The summed E-state index contributed by atoms with van der Waals surface area (Å²) in [6, 6.07) is 0. The summed E-state index contributed by atoms with van der Waals surface area (Å²) in [5.41, 5.74) is 1.95. The molecule has 36 heavy (non-hydrogen) atoms. The van der Waals surface area contributed by atoms with Gasteiger partial charge in [0.15, 0.2) is 0 Å². The molecule has 0 spiro atoms. The van der Waals surface area contributed by atoms with Crippen LogP contribution in [0.1, 0.15) is 59.3 Å². The lowest BCUT2D eigenvalue weighted by atomic mass is 9.89.